The molecular weight excluding hydrogens is 310 g/mol. The third-order valence-electron chi connectivity index (χ3n) is 4.22. The third-order valence-corrected chi connectivity index (χ3v) is 4.90. The van der Waals surface area contributed by atoms with Gasteiger partial charge in [-0.1, -0.05) is 60.1 Å². The van der Waals surface area contributed by atoms with Crippen LogP contribution in [0.25, 0.3) is 0 Å². The normalized spacial score (nSPS) is 26.0. The molecule has 0 aromatic heterocycles. The summed E-state index contributed by atoms with van der Waals surface area (Å²) < 4.78 is 1.02. The lowest BCUT2D eigenvalue weighted by Crippen LogP contribution is -2.30. The number of halogens is 2. The molecule has 1 fully saturated rings. The second-order valence-electron chi connectivity index (χ2n) is 5.35. The summed E-state index contributed by atoms with van der Waals surface area (Å²) in [4.78, 5) is 0. The highest BCUT2D eigenvalue weighted by molar-refractivity contribution is 9.10. The van der Waals surface area contributed by atoms with Gasteiger partial charge in [-0.05, 0) is 42.0 Å². The van der Waals surface area contributed by atoms with E-state index in [2.05, 4.69) is 28.9 Å². The Balaban J connectivity index is 2.20. The Morgan fingerprint density at radius 3 is 2.72 bits per heavy atom. The molecule has 1 saturated carbocycles. The number of nitrogens with two attached hydrogens (primary N) is 1. The van der Waals surface area contributed by atoms with E-state index in [0.29, 0.717) is 5.92 Å². The van der Waals surface area contributed by atoms with E-state index in [1.807, 2.05) is 12.1 Å². The van der Waals surface area contributed by atoms with Gasteiger partial charge in [-0.25, -0.2) is 0 Å². The Morgan fingerprint density at radius 2 is 2.06 bits per heavy atom. The van der Waals surface area contributed by atoms with Gasteiger partial charge in [0.25, 0.3) is 0 Å². The van der Waals surface area contributed by atoms with Gasteiger partial charge in [-0.2, -0.15) is 0 Å². The van der Waals surface area contributed by atoms with Crippen molar-refractivity contribution >= 4 is 27.5 Å². The second kappa shape index (κ2) is 6.40. The molecule has 0 bridgehead atoms. The summed E-state index contributed by atoms with van der Waals surface area (Å²) in [5.74, 6) is 1.38. The van der Waals surface area contributed by atoms with Crippen molar-refractivity contribution in [3.8, 4) is 0 Å². The van der Waals surface area contributed by atoms with Crippen molar-refractivity contribution in [3.63, 3.8) is 0 Å². The van der Waals surface area contributed by atoms with Gasteiger partial charge >= 0.3 is 0 Å². The molecule has 18 heavy (non-hydrogen) atoms. The highest BCUT2D eigenvalue weighted by Crippen LogP contribution is 2.40. The quantitative estimate of drug-likeness (QED) is 0.797. The van der Waals surface area contributed by atoms with Gasteiger partial charge in [0.1, 0.15) is 0 Å². The van der Waals surface area contributed by atoms with Gasteiger partial charge in [0, 0.05) is 15.5 Å². The molecule has 0 spiro atoms. The summed E-state index contributed by atoms with van der Waals surface area (Å²) in [7, 11) is 0. The maximum absolute atomic E-state index is 6.49. The highest BCUT2D eigenvalue weighted by atomic mass is 79.9. The number of hydrogen-bond donors (Lipinski definition) is 1. The van der Waals surface area contributed by atoms with Crippen molar-refractivity contribution in [1.82, 2.24) is 0 Å². The molecular formula is C15H21BrClN. The fraction of sp³-hybridized carbons (Fsp3) is 0.600. The Morgan fingerprint density at radius 1 is 1.33 bits per heavy atom. The fourth-order valence-corrected chi connectivity index (χ4v) is 4.12. The van der Waals surface area contributed by atoms with Crippen molar-refractivity contribution in [1.29, 1.82) is 0 Å². The van der Waals surface area contributed by atoms with Crippen molar-refractivity contribution < 1.29 is 0 Å². The minimum Gasteiger partial charge on any atom is -0.324 e. The molecule has 1 nitrogen and oxygen atoms in total. The van der Waals surface area contributed by atoms with Gasteiger partial charge in [0.05, 0.1) is 0 Å². The van der Waals surface area contributed by atoms with Gasteiger partial charge in [0.2, 0.25) is 0 Å². The maximum Gasteiger partial charge on any atom is 0.0420 e. The topological polar surface area (TPSA) is 26.0 Å². The lowest BCUT2D eigenvalue weighted by atomic mass is 9.73. The van der Waals surface area contributed by atoms with Crippen LogP contribution in [0.3, 0.4) is 0 Å². The van der Waals surface area contributed by atoms with Crippen LogP contribution in [-0.2, 0) is 0 Å². The number of hydrogen-bond acceptors (Lipinski definition) is 1. The standard InChI is InChI=1S/C15H21BrClN/c1-2-10-5-3-4-6-14(10)15(18)11-7-12(16)9-13(17)8-11/h7-10,14-15H,2-6,18H2,1H3. The molecule has 0 radical (unpaired) electrons. The SMILES string of the molecule is CCC1CCCCC1C(N)c1cc(Cl)cc(Br)c1. The fourth-order valence-electron chi connectivity index (χ4n) is 3.23. The van der Waals surface area contributed by atoms with Crippen LogP contribution in [0.4, 0.5) is 0 Å². The van der Waals surface area contributed by atoms with Gasteiger partial charge < -0.3 is 5.73 Å². The van der Waals surface area contributed by atoms with Crippen LogP contribution >= 0.6 is 27.5 Å². The van der Waals surface area contributed by atoms with E-state index < -0.39 is 0 Å². The van der Waals surface area contributed by atoms with Gasteiger partial charge in [-0.3, -0.25) is 0 Å². The number of benzene rings is 1. The summed E-state index contributed by atoms with van der Waals surface area (Å²) in [6.45, 7) is 2.28. The number of rotatable bonds is 3. The van der Waals surface area contributed by atoms with Crippen LogP contribution in [0, 0.1) is 11.8 Å². The van der Waals surface area contributed by atoms with E-state index in [4.69, 9.17) is 17.3 Å². The minimum absolute atomic E-state index is 0.116. The first-order valence-electron chi connectivity index (χ1n) is 6.83. The Bertz CT molecular complexity index is 387. The third kappa shape index (κ3) is 3.28. The Kier molecular flexibility index (Phi) is 5.11. The Hall–Kier alpha value is -0.0500. The van der Waals surface area contributed by atoms with Crippen LogP contribution < -0.4 is 5.73 Å². The van der Waals surface area contributed by atoms with E-state index in [1.54, 1.807) is 0 Å². The largest absolute Gasteiger partial charge is 0.324 e. The summed E-state index contributed by atoms with van der Waals surface area (Å²) >= 11 is 9.62. The van der Waals surface area contributed by atoms with Crippen LogP contribution in [0.5, 0.6) is 0 Å². The molecule has 0 aliphatic heterocycles. The molecule has 0 saturated heterocycles. The Labute approximate surface area is 123 Å². The first-order valence-corrected chi connectivity index (χ1v) is 8.00. The summed E-state index contributed by atoms with van der Waals surface area (Å²) in [5.41, 5.74) is 7.66. The molecule has 3 unspecified atom stereocenters. The summed E-state index contributed by atoms with van der Waals surface area (Å²) in [6.07, 6.45) is 6.50. The molecule has 2 N–H and O–H groups in total. The van der Waals surface area contributed by atoms with Crippen molar-refractivity contribution in [2.45, 2.75) is 45.1 Å². The summed E-state index contributed by atoms with van der Waals surface area (Å²) in [6, 6.07) is 6.15. The lowest BCUT2D eigenvalue weighted by molar-refractivity contribution is 0.196. The first kappa shape index (κ1) is 14.4. The molecule has 2 rings (SSSR count). The van der Waals surface area contributed by atoms with E-state index in [0.717, 1.165) is 15.4 Å². The van der Waals surface area contributed by atoms with E-state index in [-0.39, 0.29) is 6.04 Å². The molecule has 3 heteroatoms. The van der Waals surface area contributed by atoms with E-state index in [1.165, 1.54) is 37.7 Å². The van der Waals surface area contributed by atoms with Crippen LogP contribution in [0.15, 0.2) is 22.7 Å². The average molecular weight is 331 g/mol. The zero-order valence-corrected chi connectivity index (χ0v) is 13.2. The van der Waals surface area contributed by atoms with Crippen LogP contribution in [0.2, 0.25) is 5.02 Å². The highest BCUT2D eigenvalue weighted by Gasteiger charge is 2.29. The van der Waals surface area contributed by atoms with Crippen molar-refractivity contribution in [2.75, 3.05) is 0 Å². The van der Waals surface area contributed by atoms with Gasteiger partial charge in [-0.15, -0.1) is 0 Å². The molecule has 100 valence electrons. The van der Waals surface area contributed by atoms with Crippen molar-refractivity contribution in [3.05, 3.63) is 33.3 Å². The minimum atomic E-state index is 0.116. The molecule has 1 aliphatic carbocycles. The molecule has 1 aliphatic rings. The van der Waals surface area contributed by atoms with Crippen LogP contribution in [-0.4, -0.2) is 0 Å². The monoisotopic (exact) mass is 329 g/mol. The average Bonchev–Trinajstić information content (AvgIpc) is 2.36. The molecule has 1 aromatic carbocycles. The summed E-state index contributed by atoms with van der Waals surface area (Å²) in [5, 5.41) is 0.763. The second-order valence-corrected chi connectivity index (χ2v) is 6.70. The lowest BCUT2D eigenvalue weighted by Gasteiger charge is -2.35. The van der Waals surface area contributed by atoms with Crippen LogP contribution in [0.1, 0.15) is 50.6 Å². The maximum atomic E-state index is 6.49. The van der Waals surface area contributed by atoms with Gasteiger partial charge in [0.15, 0.2) is 0 Å². The zero-order chi connectivity index (χ0) is 13.1. The first-order chi connectivity index (χ1) is 8.61. The zero-order valence-electron chi connectivity index (χ0n) is 10.8. The van der Waals surface area contributed by atoms with Crippen molar-refractivity contribution in [2.24, 2.45) is 17.6 Å². The predicted octanol–water partition coefficient (Wildman–Crippen LogP) is 5.32. The molecule has 3 atom stereocenters. The molecule has 0 heterocycles. The molecule has 0 amide bonds. The smallest absolute Gasteiger partial charge is 0.0420 e. The van der Waals surface area contributed by atoms with E-state index >= 15 is 0 Å². The predicted molar refractivity (Wildman–Crippen MR) is 81.8 cm³/mol. The van der Waals surface area contributed by atoms with E-state index in [9.17, 15) is 0 Å². The molecule has 1 aromatic rings.